The second kappa shape index (κ2) is 7.77. The molecule has 0 spiro atoms. The molecular formula is C15H16ClN5O3. The van der Waals surface area contributed by atoms with Gasteiger partial charge in [0.25, 0.3) is 11.6 Å². The van der Waals surface area contributed by atoms with E-state index in [0.717, 1.165) is 13.1 Å². The Labute approximate surface area is 144 Å². The second-order valence-electron chi connectivity index (χ2n) is 5.33. The molecule has 0 unspecified atom stereocenters. The Morgan fingerprint density at radius 1 is 1.42 bits per heavy atom. The predicted octanol–water partition coefficient (Wildman–Crippen LogP) is 1.84. The van der Waals surface area contributed by atoms with E-state index < -0.39 is 4.92 Å². The van der Waals surface area contributed by atoms with Crippen LogP contribution in [0.3, 0.4) is 0 Å². The van der Waals surface area contributed by atoms with E-state index in [2.05, 4.69) is 10.2 Å². The summed E-state index contributed by atoms with van der Waals surface area (Å²) < 4.78 is 0. The maximum absolute atomic E-state index is 12.3. The third-order valence-corrected chi connectivity index (χ3v) is 3.99. The van der Waals surface area contributed by atoms with Crippen LogP contribution >= 0.6 is 11.6 Å². The SMILES string of the molecule is CN1CCN(C(=O)/C(C#N)=C\Nc2ccc(Cl)c([N+](=O)[O-])c2)CC1. The summed E-state index contributed by atoms with van der Waals surface area (Å²) in [6.07, 6.45) is 1.26. The van der Waals surface area contributed by atoms with Gasteiger partial charge in [0.05, 0.1) is 4.92 Å². The second-order valence-corrected chi connectivity index (χ2v) is 5.74. The fraction of sp³-hybridized carbons (Fsp3) is 0.333. The standard InChI is InChI=1S/C15H16ClN5O3/c1-19-4-6-20(7-5-19)15(22)11(9-17)10-18-12-2-3-13(16)14(8-12)21(23)24/h2-3,8,10,18H,4-7H2,1H3/b11-10-. The summed E-state index contributed by atoms with van der Waals surface area (Å²) in [6.45, 7) is 2.62. The number of rotatable bonds is 4. The van der Waals surface area contributed by atoms with Crippen molar-refractivity contribution in [3.8, 4) is 6.07 Å². The molecule has 0 aliphatic carbocycles. The van der Waals surface area contributed by atoms with Crippen molar-refractivity contribution in [2.24, 2.45) is 0 Å². The maximum atomic E-state index is 12.3. The van der Waals surface area contributed by atoms with E-state index in [1.54, 1.807) is 4.90 Å². The van der Waals surface area contributed by atoms with Crippen molar-refractivity contribution >= 4 is 28.9 Å². The third kappa shape index (κ3) is 4.22. The molecule has 0 bridgehead atoms. The number of benzene rings is 1. The molecule has 0 atom stereocenters. The molecule has 126 valence electrons. The molecule has 1 heterocycles. The molecule has 0 aromatic heterocycles. The van der Waals surface area contributed by atoms with Crippen LogP contribution < -0.4 is 5.32 Å². The number of nitriles is 1. The zero-order valence-corrected chi connectivity index (χ0v) is 13.8. The van der Waals surface area contributed by atoms with Crippen molar-refractivity contribution in [2.45, 2.75) is 0 Å². The maximum Gasteiger partial charge on any atom is 0.289 e. The van der Waals surface area contributed by atoms with E-state index in [1.165, 1.54) is 24.4 Å². The summed E-state index contributed by atoms with van der Waals surface area (Å²) in [6, 6.07) is 6.02. The Balaban J connectivity index is 2.11. The number of nitro benzene ring substituents is 1. The van der Waals surface area contributed by atoms with Crippen molar-refractivity contribution in [1.82, 2.24) is 9.80 Å². The van der Waals surface area contributed by atoms with Gasteiger partial charge in [0, 0.05) is 44.1 Å². The van der Waals surface area contributed by atoms with Gasteiger partial charge in [-0.15, -0.1) is 0 Å². The lowest BCUT2D eigenvalue weighted by molar-refractivity contribution is -0.384. The fourth-order valence-corrected chi connectivity index (χ4v) is 2.41. The average Bonchev–Trinajstić information content (AvgIpc) is 2.57. The molecular weight excluding hydrogens is 334 g/mol. The molecule has 0 radical (unpaired) electrons. The van der Waals surface area contributed by atoms with Gasteiger partial charge < -0.3 is 15.1 Å². The number of amides is 1. The van der Waals surface area contributed by atoms with E-state index in [1.807, 2.05) is 13.1 Å². The molecule has 0 saturated carbocycles. The highest BCUT2D eigenvalue weighted by Crippen LogP contribution is 2.27. The number of nitrogens with one attached hydrogen (secondary N) is 1. The average molecular weight is 350 g/mol. The Bertz CT molecular complexity index is 720. The number of carbonyl (C=O) groups excluding carboxylic acids is 1. The summed E-state index contributed by atoms with van der Waals surface area (Å²) >= 11 is 5.74. The van der Waals surface area contributed by atoms with Crippen LogP contribution in [0.2, 0.25) is 5.02 Å². The minimum absolute atomic E-state index is 0.0172. The first kappa shape index (κ1) is 17.7. The summed E-state index contributed by atoms with van der Waals surface area (Å²) in [5, 5.41) is 22.8. The van der Waals surface area contributed by atoms with Gasteiger partial charge in [-0.2, -0.15) is 5.26 Å². The zero-order valence-electron chi connectivity index (χ0n) is 13.0. The fourth-order valence-electron chi connectivity index (χ4n) is 2.22. The van der Waals surface area contributed by atoms with Crippen LogP contribution in [0.1, 0.15) is 0 Å². The normalized spacial score (nSPS) is 15.7. The molecule has 1 aliphatic heterocycles. The number of likely N-dealkylation sites (N-methyl/N-ethyl adjacent to an activating group) is 1. The van der Waals surface area contributed by atoms with Crippen molar-refractivity contribution in [3.63, 3.8) is 0 Å². The van der Waals surface area contributed by atoms with Gasteiger partial charge in [0.1, 0.15) is 16.7 Å². The third-order valence-electron chi connectivity index (χ3n) is 3.67. The number of anilines is 1. The number of carbonyl (C=O) groups is 1. The van der Waals surface area contributed by atoms with Crippen molar-refractivity contribution in [1.29, 1.82) is 5.26 Å². The monoisotopic (exact) mass is 349 g/mol. The van der Waals surface area contributed by atoms with Gasteiger partial charge in [-0.1, -0.05) is 11.6 Å². The molecule has 1 amide bonds. The number of nitro groups is 1. The van der Waals surface area contributed by atoms with Gasteiger partial charge in [0.2, 0.25) is 0 Å². The molecule has 9 heteroatoms. The number of hydrogen-bond acceptors (Lipinski definition) is 6. The topological polar surface area (TPSA) is 103 Å². The number of halogens is 1. The van der Waals surface area contributed by atoms with Gasteiger partial charge in [-0.25, -0.2) is 0 Å². The molecule has 1 fully saturated rings. The summed E-state index contributed by atoms with van der Waals surface area (Å²) in [7, 11) is 1.97. The van der Waals surface area contributed by atoms with Crippen LogP contribution in [0.15, 0.2) is 30.0 Å². The van der Waals surface area contributed by atoms with Gasteiger partial charge in [-0.3, -0.25) is 14.9 Å². The van der Waals surface area contributed by atoms with Crippen molar-refractivity contribution in [2.75, 3.05) is 38.5 Å². The molecule has 1 aromatic rings. The largest absolute Gasteiger partial charge is 0.360 e. The number of hydrogen-bond donors (Lipinski definition) is 1. The molecule has 8 nitrogen and oxygen atoms in total. The first-order valence-electron chi connectivity index (χ1n) is 7.21. The van der Waals surface area contributed by atoms with Crippen LogP contribution in [-0.4, -0.2) is 53.9 Å². The first-order valence-corrected chi connectivity index (χ1v) is 7.58. The highest BCUT2D eigenvalue weighted by Gasteiger charge is 2.22. The van der Waals surface area contributed by atoms with E-state index in [4.69, 9.17) is 11.6 Å². The molecule has 24 heavy (non-hydrogen) atoms. The smallest absolute Gasteiger partial charge is 0.289 e. The van der Waals surface area contributed by atoms with Crippen LogP contribution in [0, 0.1) is 21.4 Å². The van der Waals surface area contributed by atoms with E-state index in [0.29, 0.717) is 18.8 Å². The number of nitrogens with zero attached hydrogens (tertiary/aromatic N) is 4. The Hall–Kier alpha value is -2.63. The lowest BCUT2D eigenvalue weighted by atomic mass is 10.2. The van der Waals surface area contributed by atoms with E-state index >= 15 is 0 Å². The lowest BCUT2D eigenvalue weighted by Gasteiger charge is -2.32. The predicted molar refractivity (Wildman–Crippen MR) is 89.5 cm³/mol. The van der Waals surface area contributed by atoms with Crippen molar-refractivity contribution in [3.05, 3.63) is 45.1 Å². The zero-order chi connectivity index (χ0) is 17.7. The Kier molecular flexibility index (Phi) is 5.73. The summed E-state index contributed by atoms with van der Waals surface area (Å²) in [5.41, 5.74) is 0.0566. The molecule has 1 N–H and O–H groups in total. The molecule has 2 rings (SSSR count). The minimum atomic E-state index is -0.599. The number of piperazine rings is 1. The first-order chi connectivity index (χ1) is 11.4. The van der Waals surface area contributed by atoms with Gasteiger partial charge >= 0.3 is 0 Å². The molecule has 1 saturated heterocycles. The summed E-state index contributed by atoms with van der Waals surface area (Å²) in [4.78, 5) is 26.3. The molecule has 1 aromatic carbocycles. The Morgan fingerprint density at radius 2 is 2.08 bits per heavy atom. The highest BCUT2D eigenvalue weighted by atomic mass is 35.5. The minimum Gasteiger partial charge on any atom is -0.360 e. The quantitative estimate of drug-likeness (QED) is 0.385. The van der Waals surface area contributed by atoms with Gasteiger partial charge in [-0.05, 0) is 19.2 Å². The van der Waals surface area contributed by atoms with Crippen LogP contribution in [-0.2, 0) is 4.79 Å². The van der Waals surface area contributed by atoms with E-state index in [9.17, 15) is 20.2 Å². The highest BCUT2D eigenvalue weighted by molar-refractivity contribution is 6.32. The van der Waals surface area contributed by atoms with Crippen LogP contribution in [0.4, 0.5) is 11.4 Å². The Morgan fingerprint density at radius 3 is 2.67 bits per heavy atom. The van der Waals surface area contributed by atoms with Crippen molar-refractivity contribution < 1.29 is 9.72 Å². The van der Waals surface area contributed by atoms with Crippen LogP contribution in [0.25, 0.3) is 0 Å². The summed E-state index contributed by atoms with van der Waals surface area (Å²) in [5.74, 6) is -0.360. The van der Waals surface area contributed by atoms with Gasteiger partial charge in [0.15, 0.2) is 0 Å². The lowest BCUT2D eigenvalue weighted by Crippen LogP contribution is -2.47. The van der Waals surface area contributed by atoms with E-state index in [-0.39, 0.29) is 22.2 Å². The molecule has 1 aliphatic rings. The van der Waals surface area contributed by atoms with Crippen LogP contribution in [0.5, 0.6) is 0 Å².